The third-order valence-corrected chi connectivity index (χ3v) is 3.41. The average molecular weight is 297 g/mol. The molecule has 0 saturated carbocycles. The Bertz CT molecular complexity index is 564. The van der Waals surface area contributed by atoms with Gasteiger partial charge in [-0.2, -0.15) is 0 Å². The van der Waals surface area contributed by atoms with E-state index in [0.29, 0.717) is 13.2 Å². The van der Waals surface area contributed by atoms with Crippen LogP contribution in [0.5, 0.6) is 0 Å². The number of hydrogen-bond donors (Lipinski definition) is 1. The summed E-state index contributed by atoms with van der Waals surface area (Å²) in [6, 6.07) is 12.5. The number of aryl methyl sites for hydroxylation is 2. The second kappa shape index (κ2) is 9.13. The molecule has 1 unspecified atom stereocenters. The summed E-state index contributed by atoms with van der Waals surface area (Å²) in [5, 5.41) is 9.69. The molecule has 1 aromatic heterocycles. The van der Waals surface area contributed by atoms with Gasteiger partial charge in [0.15, 0.2) is 0 Å². The van der Waals surface area contributed by atoms with Crippen LogP contribution in [0.15, 0.2) is 54.9 Å². The van der Waals surface area contributed by atoms with Crippen molar-refractivity contribution in [3.8, 4) is 0 Å². The van der Waals surface area contributed by atoms with Crippen LogP contribution < -0.4 is 0 Å². The number of nitrogens with zero attached hydrogens (tertiary/aromatic N) is 1. The van der Waals surface area contributed by atoms with Gasteiger partial charge in [0.25, 0.3) is 0 Å². The van der Waals surface area contributed by atoms with Crippen LogP contribution in [0.4, 0.5) is 0 Å². The van der Waals surface area contributed by atoms with Crippen molar-refractivity contribution in [3.63, 3.8) is 0 Å². The maximum Gasteiger partial charge on any atom is 0.0957 e. The minimum Gasteiger partial charge on any atom is -0.387 e. The van der Waals surface area contributed by atoms with Gasteiger partial charge in [0, 0.05) is 19.0 Å². The van der Waals surface area contributed by atoms with Crippen molar-refractivity contribution in [2.24, 2.45) is 0 Å². The molecule has 0 aliphatic heterocycles. The largest absolute Gasteiger partial charge is 0.387 e. The van der Waals surface area contributed by atoms with Gasteiger partial charge in [-0.3, -0.25) is 4.98 Å². The fourth-order valence-electron chi connectivity index (χ4n) is 2.15. The molecule has 1 aromatic carbocycles. The first-order chi connectivity index (χ1) is 10.8. The van der Waals surface area contributed by atoms with Crippen molar-refractivity contribution in [1.82, 2.24) is 4.98 Å². The topological polar surface area (TPSA) is 42.4 Å². The predicted octanol–water partition coefficient (Wildman–Crippen LogP) is 3.28. The van der Waals surface area contributed by atoms with Crippen molar-refractivity contribution < 1.29 is 9.84 Å². The highest BCUT2D eigenvalue weighted by molar-refractivity contribution is 5.50. The van der Waals surface area contributed by atoms with Crippen LogP contribution in [0.25, 0.3) is 6.08 Å². The summed E-state index contributed by atoms with van der Waals surface area (Å²) < 4.78 is 5.17. The van der Waals surface area contributed by atoms with Crippen molar-refractivity contribution >= 4 is 6.08 Å². The SMILES string of the molecule is CCOCC(O)/C=C/c1ccc(CCc2cccnc2)cc1. The van der Waals surface area contributed by atoms with Crippen LogP contribution >= 0.6 is 0 Å². The van der Waals surface area contributed by atoms with Gasteiger partial charge in [-0.1, -0.05) is 42.5 Å². The minimum absolute atomic E-state index is 0.343. The average Bonchev–Trinajstić information content (AvgIpc) is 2.58. The second-order valence-corrected chi connectivity index (χ2v) is 5.19. The first-order valence-electron chi connectivity index (χ1n) is 7.70. The van der Waals surface area contributed by atoms with E-state index < -0.39 is 6.10 Å². The van der Waals surface area contributed by atoms with Crippen molar-refractivity contribution in [1.29, 1.82) is 0 Å². The number of aromatic nitrogens is 1. The van der Waals surface area contributed by atoms with E-state index in [1.165, 1.54) is 11.1 Å². The van der Waals surface area contributed by atoms with Crippen molar-refractivity contribution in [2.75, 3.05) is 13.2 Å². The van der Waals surface area contributed by atoms with Crippen molar-refractivity contribution in [2.45, 2.75) is 25.9 Å². The zero-order chi connectivity index (χ0) is 15.6. The fraction of sp³-hybridized carbons (Fsp3) is 0.316. The third kappa shape index (κ3) is 5.80. The molecule has 1 heterocycles. The van der Waals surface area contributed by atoms with Gasteiger partial charge in [-0.05, 0) is 42.5 Å². The molecular formula is C19H23NO2. The number of benzene rings is 1. The second-order valence-electron chi connectivity index (χ2n) is 5.19. The summed E-state index contributed by atoms with van der Waals surface area (Å²) in [4.78, 5) is 4.13. The number of hydrogen-bond acceptors (Lipinski definition) is 3. The maximum absolute atomic E-state index is 9.69. The first-order valence-corrected chi connectivity index (χ1v) is 7.70. The summed E-state index contributed by atoms with van der Waals surface area (Å²) in [6.07, 6.45) is 8.85. The molecular weight excluding hydrogens is 274 g/mol. The van der Waals surface area contributed by atoms with Gasteiger partial charge >= 0.3 is 0 Å². The molecule has 0 bridgehead atoms. The molecule has 0 radical (unpaired) electrons. The lowest BCUT2D eigenvalue weighted by atomic mass is 10.0. The minimum atomic E-state index is -0.551. The molecule has 0 fully saturated rings. The highest BCUT2D eigenvalue weighted by Gasteiger charge is 1.99. The standard InChI is InChI=1S/C19H23NO2/c1-2-22-15-19(21)12-11-17-7-5-16(6-8-17)9-10-18-4-3-13-20-14-18/h3-8,11-14,19,21H,2,9-10,15H2,1H3/b12-11+. The molecule has 0 aliphatic rings. The van der Waals surface area contributed by atoms with Gasteiger partial charge in [-0.25, -0.2) is 0 Å². The Morgan fingerprint density at radius 2 is 1.91 bits per heavy atom. The van der Waals surface area contributed by atoms with E-state index in [4.69, 9.17) is 4.74 Å². The smallest absolute Gasteiger partial charge is 0.0957 e. The Kier molecular flexibility index (Phi) is 6.81. The van der Waals surface area contributed by atoms with E-state index >= 15 is 0 Å². The first kappa shape index (κ1) is 16.4. The highest BCUT2D eigenvalue weighted by atomic mass is 16.5. The lowest BCUT2D eigenvalue weighted by molar-refractivity contribution is 0.0672. The fourth-order valence-corrected chi connectivity index (χ4v) is 2.15. The van der Waals surface area contributed by atoms with Gasteiger partial charge in [0.1, 0.15) is 0 Å². The van der Waals surface area contributed by atoms with Crippen LogP contribution in [-0.4, -0.2) is 29.4 Å². The molecule has 0 saturated heterocycles. The van der Waals surface area contributed by atoms with E-state index in [1.54, 1.807) is 12.3 Å². The molecule has 22 heavy (non-hydrogen) atoms. The molecule has 3 nitrogen and oxygen atoms in total. The molecule has 3 heteroatoms. The van der Waals surface area contributed by atoms with Crippen molar-refractivity contribution in [3.05, 3.63) is 71.6 Å². The van der Waals surface area contributed by atoms with Crippen LogP contribution in [0.2, 0.25) is 0 Å². The summed E-state index contributed by atoms with van der Waals surface area (Å²) in [7, 11) is 0. The Labute approximate surface area is 132 Å². The highest BCUT2D eigenvalue weighted by Crippen LogP contribution is 2.10. The Balaban J connectivity index is 1.83. The van der Waals surface area contributed by atoms with Crippen LogP contribution in [0.3, 0.4) is 0 Å². The number of pyridine rings is 1. The normalized spacial score (nSPS) is 12.6. The molecule has 0 spiro atoms. The summed E-state index contributed by atoms with van der Waals surface area (Å²) >= 11 is 0. The van der Waals surface area contributed by atoms with E-state index in [9.17, 15) is 5.11 Å². The lowest BCUT2D eigenvalue weighted by Gasteiger charge is -2.05. The maximum atomic E-state index is 9.69. The van der Waals surface area contributed by atoms with Gasteiger partial charge in [0.05, 0.1) is 12.7 Å². The van der Waals surface area contributed by atoms with Crippen LogP contribution in [-0.2, 0) is 17.6 Å². The molecule has 0 aliphatic carbocycles. The monoisotopic (exact) mass is 297 g/mol. The third-order valence-electron chi connectivity index (χ3n) is 3.41. The predicted molar refractivity (Wildman–Crippen MR) is 89.6 cm³/mol. The molecule has 116 valence electrons. The van der Waals surface area contributed by atoms with Crippen LogP contribution in [0.1, 0.15) is 23.6 Å². The van der Waals surface area contributed by atoms with E-state index in [0.717, 1.165) is 18.4 Å². The zero-order valence-corrected chi connectivity index (χ0v) is 13.0. The molecule has 0 amide bonds. The van der Waals surface area contributed by atoms with Gasteiger partial charge < -0.3 is 9.84 Å². The zero-order valence-electron chi connectivity index (χ0n) is 13.0. The Hall–Kier alpha value is -1.97. The number of rotatable bonds is 8. The lowest BCUT2D eigenvalue weighted by Crippen LogP contribution is -2.11. The molecule has 2 aromatic rings. The molecule has 1 N–H and O–H groups in total. The number of ether oxygens (including phenoxy) is 1. The van der Waals surface area contributed by atoms with Crippen LogP contribution in [0, 0.1) is 0 Å². The number of aliphatic hydroxyl groups excluding tert-OH is 1. The molecule has 1 atom stereocenters. The number of aliphatic hydroxyl groups is 1. The van der Waals surface area contributed by atoms with Gasteiger partial charge in [0.2, 0.25) is 0 Å². The van der Waals surface area contributed by atoms with Gasteiger partial charge in [-0.15, -0.1) is 0 Å². The van der Waals surface area contributed by atoms with E-state index in [2.05, 4.69) is 35.3 Å². The summed E-state index contributed by atoms with van der Waals surface area (Å²) in [5.41, 5.74) is 3.64. The summed E-state index contributed by atoms with van der Waals surface area (Å²) in [5.74, 6) is 0. The quantitative estimate of drug-likeness (QED) is 0.813. The Morgan fingerprint density at radius 3 is 2.59 bits per heavy atom. The van der Waals surface area contributed by atoms with E-state index in [-0.39, 0.29) is 0 Å². The molecule has 2 rings (SSSR count). The Morgan fingerprint density at radius 1 is 1.14 bits per heavy atom. The van der Waals surface area contributed by atoms with E-state index in [1.807, 2.05) is 25.3 Å². The summed E-state index contributed by atoms with van der Waals surface area (Å²) in [6.45, 7) is 2.88.